The highest BCUT2D eigenvalue weighted by Gasteiger charge is 2.62. The molecule has 3 aromatic rings. The minimum atomic E-state index is -3.96. The van der Waals surface area contributed by atoms with Crippen molar-refractivity contribution in [1.29, 1.82) is 0 Å². The van der Waals surface area contributed by atoms with E-state index in [2.05, 4.69) is 11.3 Å². The lowest BCUT2D eigenvalue weighted by Gasteiger charge is -2.34. The van der Waals surface area contributed by atoms with Crippen molar-refractivity contribution in [3.05, 3.63) is 54.1 Å². The van der Waals surface area contributed by atoms with Crippen molar-refractivity contribution >= 4 is 55.8 Å². The summed E-state index contributed by atoms with van der Waals surface area (Å²) in [7, 11) is -3.96. The quantitative estimate of drug-likeness (QED) is 0.186. The molecule has 1 aromatic carbocycles. The molecule has 2 bridgehead atoms. The smallest absolute Gasteiger partial charge is 0.306 e. The number of aromatic nitrogens is 2. The Morgan fingerprint density at radius 1 is 1.10 bits per heavy atom. The summed E-state index contributed by atoms with van der Waals surface area (Å²) < 4.78 is 40.4. The van der Waals surface area contributed by atoms with Crippen molar-refractivity contribution in [3.8, 4) is 16.5 Å². The number of pyridine rings is 1. The van der Waals surface area contributed by atoms with E-state index in [0.29, 0.717) is 31.1 Å². The number of para-hydroxylation sites is 1. The second-order valence-corrected chi connectivity index (χ2v) is 21.7. The number of Topliss-reactive ketones (excluding diaryl/α,β-unsaturated/α-hetero) is 1. The number of carbonyl (C=O) groups is 4. The van der Waals surface area contributed by atoms with Gasteiger partial charge in [0.2, 0.25) is 27.7 Å². The van der Waals surface area contributed by atoms with Crippen molar-refractivity contribution in [2.24, 2.45) is 28.6 Å². The zero-order valence-corrected chi connectivity index (χ0v) is 35.5. The lowest BCUT2D eigenvalue weighted by molar-refractivity contribution is -0.154. The van der Waals surface area contributed by atoms with Crippen LogP contribution in [-0.2, 0) is 40.4 Å². The Bertz CT molecular complexity index is 2250. The number of amides is 2. The molecule has 14 heteroatoms. The van der Waals surface area contributed by atoms with Gasteiger partial charge in [-0.2, -0.15) is 0 Å². The number of carbonyl (C=O) groups excluding carboxylic acids is 4. The van der Waals surface area contributed by atoms with Crippen LogP contribution in [0.3, 0.4) is 0 Å². The van der Waals surface area contributed by atoms with E-state index in [1.165, 1.54) is 4.90 Å². The highest BCUT2D eigenvalue weighted by Crippen LogP contribution is 2.57. The number of thiazole rings is 1. The predicted octanol–water partition coefficient (Wildman–Crippen LogP) is 6.96. The van der Waals surface area contributed by atoms with Gasteiger partial charge in [0, 0.05) is 40.9 Å². The number of esters is 1. The molecule has 1 saturated heterocycles. The highest BCUT2D eigenvalue weighted by atomic mass is 32.2. The first-order valence-corrected chi connectivity index (χ1v) is 23.1. The molecule has 4 fully saturated rings. The standard InChI is InChI=1S/C44H54N4O8S2/c1-6-27-23-44(27,41(52)47-58(53,54)43(5)16-17-43)24-34(49)33-21-28-25-48(33)40(51)31(42(2,3)4)22-36(50)56-35-20-26(35)12-8-7-9-14-30-37(39-45-18-19-57-39)29-13-10-11-15-32(29)46-38(30)55-28/h6,10-11,13,15,18-19,26-28,31,33,35H,1,7-9,12,14,16-17,20-25H2,2-5H3,(H,47,52)/t26-,27-,28-,31-,33+,35-,44?/m1/s1. The maximum absolute atomic E-state index is 14.9. The lowest BCUT2D eigenvalue weighted by atomic mass is 9.77. The van der Waals surface area contributed by atoms with E-state index in [9.17, 15) is 27.6 Å². The third-order valence-electron chi connectivity index (χ3n) is 13.3. The van der Waals surface area contributed by atoms with Crippen molar-refractivity contribution in [1.82, 2.24) is 19.6 Å². The fourth-order valence-electron chi connectivity index (χ4n) is 9.05. The summed E-state index contributed by atoms with van der Waals surface area (Å²) in [6.45, 7) is 11.2. The number of hydrogen-bond donors (Lipinski definition) is 1. The van der Waals surface area contributed by atoms with Gasteiger partial charge in [0.05, 0.1) is 40.6 Å². The maximum Gasteiger partial charge on any atom is 0.306 e. The van der Waals surface area contributed by atoms with Gasteiger partial charge >= 0.3 is 5.97 Å². The Morgan fingerprint density at radius 3 is 2.57 bits per heavy atom. The molecule has 0 radical (unpaired) electrons. The third kappa shape index (κ3) is 7.82. The summed E-state index contributed by atoms with van der Waals surface area (Å²) in [6, 6.07) is 6.91. The molecule has 3 aliphatic carbocycles. The van der Waals surface area contributed by atoms with Crippen LogP contribution >= 0.6 is 11.3 Å². The summed E-state index contributed by atoms with van der Waals surface area (Å²) in [5, 5.41) is 3.78. The number of allylic oxidation sites excluding steroid dienone is 1. The fraction of sp³-hybridized carbons (Fsp3) is 0.591. The SMILES string of the molecule is C=C[C@@H]1CC1(CC(=O)[C@@H]1C[C@@H]2CN1C(=O)[C@H](C(C)(C)C)CC(=O)O[C@@H]1C[C@H]1CCCCCc1c(nc3ccccc3c1-c1nccs1)O2)C(=O)NS(=O)(=O)C1(C)CC1. The van der Waals surface area contributed by atoms with Crippen molar-refractivity contribution in [2.75, 3.05) is 6.54 Å². The third-order valence-corrected chi connectivity index (χ3v) is 16.3. The van der Waals surface area contributed by atoms with Crippen LogP contribution in [0.25, 0.3) is 21.5 Å². The first kappa shape index (κ1) is 40.6. The van der Waals surface area contributed by atoms with E-state index < -0.39 is 61.5 Å². The van der Waals surface area contributed by atoms with E-state index in [4.69, 9.17) is 19.4 Å². The summed E-state index contributed by atoms with van der Waals surface area (Å²) in [5.74, 6) is -2.35. The molecule has 1 N–H and O–H groups in total. The number of ether oxygens (including phenoxy) is 2. The molecule has 8 rings (SSSR count). The Balaban J connectivity index is 1.16. The van der Waals surface area contributed by atoms with E-state index in [1.807, 2.05) is 50.4 Å². The van der Waals surface area contributed by atoms with Crippen LogP contribution in [0.2, 0.25) is 0 Å². The number of rotatable bonds is 8. The first-order chi connectivity index (χ1) is 27.5. The van der Waals surface area contributed by atoms with Crippen LogP contribution in [0.4, 0.5) is 0 Å². The molecule has 2 aliphatic heterocycles. The van der Waals surface area contributed by atoms with Gasteiger partial charge in [-0.1, -0.05) is 57.9 Å². The molecular formula is C44H54N4O8S2. The molecule has 58 heavy (non-hydrogen) atoms. The topological polar surface area (TPSA) is 162 Å². The second kappa shape index (κ2) is 15.1. The highest BCUT2D eigenvalue weighted by molar-refractivity contribution is 7.91. The zero-order chi connectivity index (χ0) is 41.2. The molecule has 5 aliphatic rings. The van der Waals surface area contributed by atoms with Gasteiger partial charge in [-0.05, 0) is 75.2 Å². The number of hydrogen-bond acceptors (Lipinski definition) is 11. The predicted molar refractivity (Wildman–Crippen MR) is 220 cm³/mol. The van der Waals surface area contributed by atoms with Gasteiger partial charge in [-0.3, -0.25) is 23.9 Å². The largest absolute Gasteiger partial charge is 0.472 e. The van der Waals surface area contributed by atoms with Crippen LogP contribution in [0, 0.1) is 28.6 Å². The number of fused-ring (bicyclic) bond motifs is 5. The van der Waals surface area contributed by atoms with Crippen molar-refractivity contribution in [2.45, 2.75) is 128 Å². The number of nitrogens with one attached hydrogen (secondary N) is 1. The van der Waals surface area contributed by atoms with Gasteiger partial charge in [0.15, 0.2) is 5.78 Å². The average Bonchev–Trinajstić information content (AvgIpc) is 4.11. The van der Waals surface area contributed by atoms with Gasteiger partial charge in [0.1, 0.15) is 17.2 Å². The molecule has 7 atom stereocenters. The van der Waals surface area contributed by atoms with E-state index in [-0.39, 0.29) is 50.0 Å². The second-order valence-electron chi connectivity index (χ2n) is 18.6. The van der Waals surface area contributed by atoms with Crippen LogP contribution in [0.5, 0.6) is 5.88 Å². The minimum absolute atomic E-state index is 0.0545. The summed E-state index contributed by atoms with van der Waals surface area (Å²) in [6.07, 6.45) is 8.75. The summed E-state index contributed by atoms with van der Waals surface area (Å²) in [5.41, 5.74) is 0.672. The number of nitrogens with zero attached hydrogens (tertiary/aromatic N) is 3. The minimum Gasteiger partial charge on any atom is -0.472 e. The van der Waals surface area contributed by atoms with Crippen LogP contribution < -0.4 is 9.46 Å². The molecule has 4 heterocycles. The molecule has 2 amide bonds. The van der Waals surface area contributed by atoms with Gasteiger partial charge in [-0.25, -0.2) is 18.4 Å². The molecule has 310 valence electrons. The van der Waals surface area contributed by atoms with E-state index in [1.54, 1.807) is 30.5 Å². The Morgan fingerprint density at radius 2 is 1.88 bits per heavy atom. The summed E-state index contributed by atoms with van der Waals surface area (Å²) >= 11 is 1.55. The van der Waals surface area contributed by atoms with Crippen molar-refractivity contribution < 1.29 is 37.1 Å². The molecule has 12 nitrogen and oxygen atoms in total. The van der Waals surface area contributed by atoms with Gasteiger partial charge in [0.25, 0.3) is 0 Å². The zero-order valence-electron chi connectivity index (χ0n) is 33.8. The molecule has 2 aromatic heterocycles. The number of ketones is 1. The lowest BCUT2D eigenvalue weighted by Crippen LogP contribution is -2.49. The Labute approximate surface area is 344 Å². The van der Waals surface area contributed by atoms with Gasteiger partial charge in [-0.15, -0.1) is 17.9 Å². The van der Waals surface area contributed by atoms with Crippen LogP contribution in [0.1, 0.15) is 104 Å². The normalized spacial score (nSPS) is 29.8. The van der Waals surface area contributed by atoms with Gasteiger partial charge < -0.3 is 14.4 Å². The summed E-state index contributed by atoms with van der Waals surface area (Å²) in [4.78, 5) is 68.2. The monoisotopic (exact) mass is 830 g/mol. The first-order valence-electron chi connectivity index (χ1n) is 20.7. The molecule has 3 saturated carbocycles. The van der Waals surface area contributed by atoms with Crippen LogP contribution in [0.15, 0.2) is 48.5 Å². The van der Waals surface area contributed by atoms with E-state index >= 15 is 0 Å². The fourth-order valence-corrected chi connectivity index (χ4v) is 11.1. The molecule has 1 unspecified atom stereocenters. The number of sulfonamides is 1. The number of benzene rings is 1. The van der Waals surface area contributed by atoms with Crippen molar-refractivity contribution in [3.63, 3.8) is 0 Å². The van der Waals surface area contributed by atoms with E-state index in [0.717, 1.165) is 59.1 Å². The molecular weight excluding hydrogens is 777 g/mol. The average molecular weight is 831 g/mol. The molecule has 0 spiro atoms. The van der Waals surface area contributed by atoms with Crippen LogP contribution in [-0.4, -0.2) is 76.4 Å². The maximum atomic E-state index is 14.9. The Kier molecular flexibility index (Phi) is 10.6. The Hall–Kier alpha value is -4.17.